The van der Waals surface area contributed by atoms with Crippen LogP contribution < -0.4 is 20.1 Å². The van der Waals surface area contributed by atoms with Crippen LogP contribution in [0.5, 0.6) is 11.5 Å². The maximum atomic E-state index is 13.4. The Bertz CT molecular complexity index is 1790. The number of carbonyl (C=O) groups excluding carboxylic acids is 2. The Labute approximate surface area is 316 Å². The average Bonchev–Trinajstić information content (AvgIpc) is 3.85. The highest BCUT2D eigenvalue weighted by Gasteiger charge is 2.20. The number of hydrogen-bond donors (Lipinski definition) is 3. The first-order chi connectivity index (χ1) is 25.5. The van der Waals surface area contributed by atoms with Crippen molar-refractivity contribution in [3.8, 4) is 11.5 Å². The van der Waals surface area contributed by atoms with Crippen molar-refractivity contribution in [2.75, 3.05) is 51.5 Å². The van der Waals surface area contributed by atoms with Crippen molar-refractivity contribution >= 4 is 60.9 Å². The van der Waals surface area contributed by atoms with Crippen molar-refractivity contribution < 1.29 is 19.1 Å². The summed E-state index contributed by atoms with van der Waals surface area (Å²) < 4.78 is 10.9. The van der Waals surface area contributed by atoms with Gasteiger partial charge in [0.2, 0.25) is 11.8 Å². The first-order valence-electron chi connectivity index (χ1n) is 19.2. The Hall–Kier alpha value is -3.57. The van der Waals surface area contributed by atoms with E-state index in [-0.39, 0.29) is 18.4 Å². The number of fused-ring (bicyclic) bond motifs is 3. The maximum Gasteiger partial charge on any atom is 0.239 e. The quantitative estimate of drug-likeness (QED) is 0.0611. The molecule has 1 fully saturated rings. The van der Waals surface area contributed by atoms with E-state index in [1.807, 2.05) is 52.1 Å². The summed E-state index contributed by atoms with van der Waals surface area (Å²) in [5.41, 5.74) is 7.01. The SMILES string of the molecule is COc1ccc2nc3c(c(NCCCCCCN(CC(=O)NCCc4c[nH]c5ccc(OC)cc45)C(=O)CCCC[C@@H]4CCSS4)c2c1)CCCC3. The van der Waals surface area contributed by atoms with Gasteiger partial charge in [-0.15, -0.1) is 0 Å². The number of pyridine rings is 1. The van der Waals surface area contributed by atoms with Crippen molar-refractivity contribution in [1.29, 1.82) is 0 Å². The van der Waals surface area contributed by atoms with Gasteiger partial charge in [-0.05, 0) is 112 Å². The van der Waals surface area contributed by atoms with E-state index in [9.17, 15) is 9.59 Å². The predicted octanol–water partition coefficient (Wildman–Crippen LogP) is 8.49. The molecule has 2 aromatic carbocycles. The zero-order valence-corrected chi connectivity index (χ0v) is 32.5. The number of amides is 2. The minimum absolute atomic E-state index is 0.0961. The van der Waals surface area contributed by atoms with Gasteiger partial charge in [-0.1, -0.05) is 40.9 Å². The molecule has 280 valence electrons. The molecule has 0 unspecified atom stereocenters. The number of hydrogen-bond acceptors (Lipinski definition) is 8. The average molecular weight is 746 g/mol. The third-order valence-electron chi connectivity index (χ3n) is 10.4. The molecule has 1 aliphatic heterocycles. The monoisotopic (exact) mass is 745 g/mol. The fourth-order valence-electron chi connectivity index (χ4n) is 7.45. The van der Waals surface area contributed by atoms with Crippen LogP contribution in [0.2, 0.25) is 0 Å². The summed E-state index contributed by atoms with van der Waals surface area (Å²) >= 11 is 0. The smallest absolute Gasteiger partial charge is 0.239 e. The van der Waals surface area contributed by atoms with Gasteiger partial charge in [0.25, 0.3) is 0 Å². The summed E-state index contributed by atoms with van der Waals surface area (Å²) in [5.74, 6) is 2.89. The van der Waals surface area contributed by atoms with Gasteiger partial charge in [0.15, 0.2) is 0 Å². The van der Waals surface area contributed by atoms with Gasteiger partial charge in [0.1, 0.15) is 11.5 Å². The molecule has 1 aliphatic carbocycles. The number of aryl methyl sites for hydroxylation is 1. The zero-order chi connectivity index (χ0) is 36.1. The highest BCUT2D eigenvalue weighted by atomic mass is 33.1. The van der Waals surface area contributed by atoms with E-state index in [0.29, 0.717) is 25.9 Å². The molecule has 2 amide bonds. The van der Waals surface area contributed by atoms with Crippen molar-refractivity contribution in [3.63, 3.8) is 0 Å². The summed E-state index contributed by atoms with van der Waals surface area (Å²) in [6, 6.07) is 12.1. The van der Waals surface area contributed by atoms with Crippen molar-refractivity contribution in [1.82, 2.24) is 20.2 Å². The maximum absolute atomic E-state index is 13.4. The zero-order valence-electron chi connectivity index (χ0n) is 30.9. The van der Waals surface area contributed by atoms with Crippen LogP contribution >= 0.6 is 21.6 Å². The van der Waals surface area contributed by atoms with Crippen LogP contribution in [-0.2, 0) is 28.9 Å². The molecule has 0 saturated carbocycles. The first-order valence-corrected chi connectivity index (χ1v) is 21.6. The van der Waals surface area contributed by atoms with Gasteiger partial charge < -0.3 is 30.0 Å². The Morgan fingerprint density at radius 3 is 2.58 bits per heavy atom. The topological polar surface area (TPSA) is 109 Å². The number of unbranched alkanes of at least 4 members (excludes halogenated alkanes) is 4. The van der Waals surface area contributed by atoms with Crippen molar-refractivity contribution in [2.24, 2.45) is 0 Å². The molecule has 3 N–H and O–H groups in total. The molecular formula is C41H55N5O4S2. The summed E-state index contributed by atoms with van der Waals surface area (Å²) in [7, 11) is 7.34. The van der Waals surface area contributed by atoms with E-state index in [1.165, 1.54) is 48.4 Å². The summed E-state index contributed by atoms with van der Waals surface area (Å²) in [5, 5.41) is 9.81. The Kier molecular flexibility index (Phi) is 14.3. The predicted molar refractivity (Wildman–Crippen MR) is 217 cm³/mol. The lowest BCUT2D eigenvalue weighted by Crippen LogP contribution is -2.41. The van der Waals surface area contributed by atoms with Crippen LogP contribution in [-0.4, -0.2) is 78.1 Å². The van der Waals surface area contributed by atoms with E-state index >= 15 is 0 Å². The van der Waals surface area contributed by atoms with Crippen LogP contribution in [0.25, 0.3) is 21.8 Å². The number of ether oxygens (including phenoxy) is 2. The van der Waals surface area contributed by atoms with Crippen molar-refractivity contribution in [3.05, 3.63) is 59.4 Å². The molecule has 0 spiro atoms. The number of benzene rings is 2. The number of aromatic nitrogens is 2. The molecule has 11 heteroatoms. The summed E-state index contributed by atoms with van der Waals surface area (Å²) in [6.07, 6.45) is 16.1. The number of carbonyl (C=O) groups is 2. The number of rotatable bonds is 20. The number of nitrogens with one attached hydrogen (secondary N) is 3. The van der Waals surface area contributed by atoms with E-state index in [4.69, 9.17) is 14.5 Å². The van der Waals surface area contributed by atoms with Gasteiger partial charge in [-0.25, -0.2) is 0 Å². The van der Waals surface area contributed by atoms with Crippen LogP contribution in [0.3, 0.4) is 0 Å². The van der Waals surface area contributed by atoms with Gasteiger partial charge in [0, 0.05) is 70.9 Å². The second-order valence-electron chi connectivity index (χ2n) is 14.1. The van der Waals surface area contributed by atoms with Gasteiger partial charge in [0.05, 0.1) is 26.3 Å². The largest absolute Gasteiger partial charge is 0.497 e. The van der Waals surface area contributed by atoms with Crippen molar-refractivity contribution in [2.45, 2.75) is 95.1 Å². The number of methoxy groups -OCH3 is 2. The van der Waals surface area contributed by atoms with E-state index < -0.39 is 0 Å². The molecule has 9 nitrogen and oxygen atoms in total. The molecule has 0 radical (unpaired) electrons. The highest BCUT2D eigenvalue weighted by molar-refractivity contribution is 8.77. The Morgan fingerprint density at radius 2 is 1.75 bits per heavy atom. The fourth-order valence-corrected chi connectivity index (χ4v) is 10.5. The molecule has 3 heterocycles. The lowest BCUT2D eigenvalue weighted by molar-refractivity contribution is -0.136. The third kappa shape index (κ3) is 10.3. The van der Waals surface area contributed by atoms with E-state index in [0.717, 1.165) is 102 Å². The minimum Gasteiger partial charge on any atom is -0.497 e. The fraction of sp³-hybridized carbons (Fsp3) is 0.537. The second-order valence-corrected chi connectivity index (χ2v) is 16.8. The number of nitrogens with zero attached hydrogens (tertiary/aromatic N) is 2. The summed E-state index contributed by atoms with van der Waals surface area (Å²) in [4.78, 5) is 36.7. The molecule has 1 saturated heterocycles. The molecular weight excluding hydrogens is 691 g/mol. The molecule has 1 atom stereocenters. The van der Waals surface area contributed by atoms with Crippen LogP contribution in [0.1, 0.15) is 87.4 Å². The lowest BCUT2D eigenvalue weighted by Gasteiger charge is -2.23. The molecule has 52 heavy (non-hydrogen) atoms. The molecule has 0 bridgehead atoms. The molecule has 2 aliphatic rings. The van der Waals surface area contributed by atoms with Crippen LogP contribution in [0.4, 0.5) is 5.69 Å². The van der Waals surface area contributed by atoms with Gasteiger partial charge in [-0.3, -0.25) is 14.6 Å². The van der Waals surface area contributed by atoms with Gasteiger partial charge >= 0.3 is 0 Å². The summed E-state index contributed by atoms with van der Waals surface area (Å²) in [6.45, 7) is 2.12. The highest BCUT2D eigenvalue weighted by Crippen LogP contribution is 2.40. The molecule has 6 rings (SSSR count). The number of H-pyrrole nitrogens is 1. The second kappa shape index (κ2) is 19.5. The minimum atomic E-state index is -0.0982. The first kappa shape index (κ1) is 38.2. The third-order valence-corrected chi connectivity index (χ3v) is 13.4. The molecule has 4 aromatic rings. The van der Waals surface area contributed by atoms with E-state index in [2.05, 4.69) is 27.8 Å². The molecule has 2 aromatic heterocycles. The van der Waals surface area contributed by atoms with Gasteiger partial charge in [-0.2, -0.15) is 0 Å². The number of aromatic amines is 1. The van der Waals surface area contributed by atoms with Crippen LogP contribution in [0.15, 0.2) is 42.6 Å². The number of anilines is 1. The van der Waals surface area contributed by atoms with Crippen LogP contribution in [0, 0.1) is 0 Å². The Balaban J connectivity index is 0.975. The Morgan fingerprint density at radius 1 is 0.942 bits per heavy atom. The van der Waals surface area contributed by atoms with E-state index in [1.54, 1.807) is 19.1 Å². The lowest BCUT2D eigenvalue weighted by atomic mass is 9.92. The standard InChI is InChI=1S/C41H55N5O4S2/c1-49-30-15-17-36-34(25-30)29(27-44-36)19-22-42-39(47)28-46(40(48)14-8-5-11-32-20-24-51-52-32)23-10-4-3-9-21-43-41-33-12-6-7-13-37(33)45-38-18-16-31(50-2)26-35(38)41/h15-18,25-27,32,44H,3-14,19-24,28H2,1-2H3,(H,42,47)(H,43,45)/t32-/m1/s1. The normalized spacial score (nSPS) is 15.5.